The number of nitrogens with zero attached hydrogens (tertiary/aromatic N) is 2. The molecule has 7 heteroatoms. The number of benzene rings is 1. The zero-order valence-electron chi connectivity index (χ0n) is 12.4. The van der Waals surface area contributed by atoms with E-state index in [4.69, 9.17) is 10.00 Å². The van der Waals surface area contributed by atoms with Gasteiger partial charge in [-0.2, -0.15) is 5.26 Å². The van der Waals surface area contributed by atoms with Gasteiger partial charge in [0.15, 0.2) is 0 Å². The first-order valence-corrected chi connectivity index (χ1v) is 6.81. The fourth-order valence-corrected chi connectivity index (χ4v) is 2.49. The zero-order chi connectivity index (χ0) is 14.4. The van der Waals surface area contributed by atoms with E-state index in [-0.39, 0.29) is 36.8 Å². The number of nitrogens with one attached hydrogen (secondary N) is 1. The Bertz CT molecular complexity index is 514. The van der Waals surface area contributed by atoms with Crippen LogP contribution in [0.2, 0.25) is 0 Å². The first kappa shape index (κ1) is 20.7. The Morgan fingerprint density at radius 3 is 2.68 bits per heavy atom. The van der Waals surface area contributed by atoms with E-state index in [1.807, 2.05) is 18.2 Å². The monoisotopic (exact) mass is 345 g/mol. The van der Waals surface area contributed by atoms with Gasteiger partial charge in [-0.15, -0.1) is 24.8 Å². The van der Waals surface area contributed by atoms with E-state index >= 15 is 0 Å². The van der Waals surface area contributed by atoms with Crippen molar-refractivity contribution in [3.8, 4) is 11.8 Å². The van der Waals surface area contributed by atoms with Crippen LogP contribution in [0.4, 0.5) is 0 Å². The number of rotatable bonds is 4. The van der Waals surface area contributed by atoms with Crippen LogP contribution in [-0.4, -0.2) is 37.0 Å². The second-order valence-corrected chi connectivity index (χ2v) is 4.83. The van der Waals surface area contributed by atoms with Crippen LogP contribution in [0.3, 0.4) is 0 Å². The predicted molar refractivity (Wildman–Crippen MR) is 89.7 cm³/mol. The van der Waals surface area contributed by atoms with Gasteiger partial charge in [0, 0.05) is 39.1 Å². The molecule has 0 radical (unpaired) electrons. The molecule has 1 aliphatic rings. The molecule has 0 spiro atoms. The number of piperazine rings is 1. The summed E-state index contributed by atoms with van der Waals surface area (Å²) in [6, 6.07) is 9.76. The Hall–Kier alpha value is -1.32. The zero-order valence-corrected chi connectivity index (χ0v) is 14.1. The summed E-state index contributed by atoms with van der Waals surface area (Å²) in [5, 5.41) is 12.4. The molecule has 1 N–H and O–H groups in total. The Labute approximate surface area is 143 Å². The molecule has 1 fully saturated rings. The lowest BCUT2D eigenvalue weighted by Gasteiger charge is -2.34. The summed E-state index contributed by atoms with van der Waals surface area (Å²) in [7, 11) is 0. The molecule has 1 aromatic carbocycles. The molecule has 1 atom stereocenters. The van der Waals surface area contributed by atoms with Gasteiger partial charge in [-0.1, -0.05) is 12.1 Å². The molecule has 0 aliphatic carbocycles. The van der Waals surface area contributed by atoms with Crippen LogP contribution in [0.15, 0.2) is 24.3 Å². The van der Waals surface area contributed by atoms with E-state index in [2.05, 4.69) is 16.3 Å². The van der Waals surface area contributed by atoms with Crippen LogP contribution in [0.25, 0.3) is 0 Å². The Morgan fingerprint density at radius 1 is 1.41 bits per heavy atom. The molecule has 0 amide bonds. The first-order chi connectivity index (χ1) is 9.70. The summed E-state index contributed by atoms with van der Waals surface area (Å²) >= 11 is 0. The smallest absolute Gasteiger partial charge is 0.308 e. The summed E-state index contributed by atoms with van der Waals surface area (Å²) in [6.07, 6.45) is 0.434. The van der Waals surface area contributed by atoms with Crippen LogP contribution in [0.5, 0.6) is 5.75 Å². The normalized spacial score (nSPS) is 15.6. The summed E-state index contributed by atoms with van der Waals surface area (Å²) in [4.78, 5) is 13.3. The molecule has 22 heavy (non-hydrogen) atoms. The molecule has 122 valence electrons. The number of nitriles is 1. The second kappa shape index (κ2) is 10.4. The van der Waals surface area contributed by atoms with E-state index in [9.17, 15) is 4.79 Å². The maximum atomic E-state index is 11.0. The number of hydrogen-bond donors (Lipinski definition) is 1. The van der Waals surface area contributed by atoms with Gasteiger partial charge in [-0.05, 0) is 17.7 Å². The molecular weight excluding hydrogens is 325 g/mol. The Kier molecular flexibility index (Phi) is 9.79. The number of halogens is 2. The van der Waals surface area contributed by atoms with E-state index in [1.54, 1.807) is 6.07 Å². The van der Waals surface area contributed by atoms with Gasteiger partial charge < -0.3 is 10.1 Å². The van der Waals surface area contributed by atoms with E-state index in [0.717, 1.165) is 31.7 Å². The van der Waals surface area contributed by atoms with Gasteiger partial charge in [0.2, 0.25) is 0 Å². The molecule has 0 saturated carbocycles. The number of hydrogen-bond acceptors (Lipinski definition) is 5. The van der Waals surface area contributed by atoms with Crippen molar-refractivity contribution in [3.05, 3.63) is 29.8 Å². The highest BCUT2D eigenvalue weighted by Gasteiger charge is 2.22. The fourth-order valence-electron chi connectivity index (χ4n) is 2.49. The number of carbonyl (C=O) groups is 1. The van der Waals surface area contributed by atoms with Crippen molar-refractivity contribution in [1.29, 1.82) is 5.26 Å². The van der Waals surface area contributed by atoms with Crippen LogP contribution in [-0.2, 0) is 4.79 Å². The lowest BCUT2D eigenvalue weighted by molar-refractivity contribution is -0.131. The fraction of sp³-hybridized carbons (Fsp3) is 0.467. The van der Waals surface area contributed by atoms with Crippen molar-refractivity contribution in [2.75, 3.05) is 26.2 Å². The molecule has 1 aromatic rings. The minimum atomic E-state index is -0.332. The van der Waals surface area contributed by atoms with Crippen molar-refractivity contribution in [1.82, 2.24) is 10.2 Å². The molecule has 5 nitrogen and oxygen atoms in total. The molecule has 1 saturated heterocycles. The number of ether oxygens (including phenoxy) is 1. The Balaban J connectivity index is 0.00000220. The topological polar surface area (TPSA) is 65.4 Å². The quantitative estimate of drug-likeness (QED) is 0.670. The maximum Gasteiger partial charge on any atom is 0.308 e. The number of carbonyl (C=O) groups excluding carboxylic acids is 1. The predicted octanol–water partition coefficient (Wildman–Crippen LogP) is 2.32. The largest absolute Gasteiger partial charge is 0.427 e. The van der Waals surface area contributed by atoms with E-state index < -0.39 is 0 Å². The molecule has 2 rings (SSSR count). The second-order valence-electron chi connectivity index (χ2n) is 4.83. The van der Waals surface area contributed by atoms with Crippen molar-refractivity contribution in [2.24, 2.45) is 0 Å². The van der Waals surface area contributed by atoms with Crippen LogP contribution < -0.4 is 10.1 Å². The van der Waals surface area contributed by atoms with Crippen LogP contribution in [0.1, 0.15) is 24.9 Å². The van der Waals surface area contributed by atoms with Crippen molar-refractivity contribution >= 4 is 30.8 Å². The average Bonchev–Trinajstić information content (AvgIpc) is 2.45. The van der Waals surface area contributed by atoms with Gasteiger partial charge in [-0.3, -0.25) is 9.69 Å². The summed E-state index contributed by atoms with van der Waals surface area (Å²) < 4.78 is 5.12. The summed E-state index contributed by atoms with van der Waals surface area (Å²) in [5.74, 6) is 0.203. The van der Waals surface area contributed by atoms with E-state index in [0.29, 0.717) is 12.2 Å². The highest BCUT2D eigenvalue weighted by atomic mass is 35.5. The Morgan fingerprint density at radius 2 is 2.09 bits per heavy atom. The highest BCUT2D eigenvalue weighted by Crippen LogP contribution is 2.27. The van der Waals surface area contributed by atoms with Crippen molar-refractivity contribution in [3.63, 3.8) is 0 Å². The molecule has 0 unspecified atom stereocenters. The minimum absolute atomic E-state index is 0. The summed E-state index contributed by atoms with van der Waals surface area (Å²) in [6.45, 7) is 5.10. The van der Waals surface area contributed by atoms with Gasteiger partial charge in [0.1, 0.15) is 5.75 Å². The molecule has 1 heterocycles. The highest BCUT2D eigenvalue weighted by molar-refractivity contribution is 5.85. The standard InChI is InChI=1S/C15H19N3O2.2ClH/c1-12(19)20-14-4-2-3-13(11-14)15(5-6-16)18-9-7-17-8-10-18;;/h2-4,11,15,17H,5,7-10H2,1H3;2*1H/t15-;;/m1../s1. The lowest BCUT2D eigenvalue weighted by atomic mass is 10.0. The van der Waals surface area contributed by atoms with Crippen molar-refractivity contribution < 1.29 is 9.53 Å². The van der Waals surface area contributed by atoms with Gasteiger partial charge in [0.05, 0.1) is 12.5 Å². The van der Waals surface area contributed by atoms with Gasteiger partial charge in [0.25, 0.3) is 0 Å². The third kappa shape index (κ3) is 5.82. The summed E-state index contributed by atoms with van der Waals surface area (Å²) in [5.41, 5.74) is 1.02. The maximum absolute atomic E-state index is 11.0. The van der Waals surface area contributed by atoms with Gasteiger partial charge >= 0.3 is 5.97 Å². The van der Waals surface area contributed by atoms with Crippen LogP contribution in [0, 0.1) is 11.3 Å². The minimum Gasteiger partial charge on any atom is -0.427 e. The third-order valence-corrected chi connectivity index (χ3v) is 3.38. The SMILES string of the molecule is CC(=O)Oc1cccc([C@@H](CC#N)N2CCNCC2)c1.Cl.Cl. The molecule has 0 aromatic heterocycles. The first-order valence-electron chi connectivity index (χ1n) is 6.81. The van der Waals surface area contributed by atoms with E-state index in [1.165, 1.54) is 6.92 Å². The van der Waals surface area contributed by atoms with Gasteiger partial charge in [-0.25, -0.2) is 0 Å². The average molecular weight is 346 g/mol. The number of esters is 1. The van der Waals surface area contributed by atoms with Crippen molar-refractivity contribution in [2.45, 2.75) is 19.4 Å². The lowest BCUT2D eigenvalue weighted by Crippen LogP contribution is -2.45. The molecular formula is C15H21Cl2N3O2. The van der Waals surface area contributed by atoms with Crippen LogP contribution >= 0.6 is 24.8 Å². The third-order valence-electron chi connectivity index (χ3n) is 3.38. The molecule has 1 aliphatic heterocycles. The molecule has 0 bridgehead atoms.